The van der Waals surface area contributed by atoms with Crippen molar-refractivity contribution in [3.8, 4) is 0 Å². The number of hydrogen-bond acceptors (Lipinski definition) is 3. The van der Waals surface area contributed by atoms with Gasteiger partial charge in [0.2, 0.25) is 5.91 Å². The first-order chi connectivity index (χ1) is 12.6. The molecule has 138 valence electrons. The zero-order valence-corrected chi connectivity index (χ0v) is 15.4. The van der Waals surface area contributed by atoms with Gasteiger partial charge in [-0.15, -0.1) is 0 Å². The Morgan fingerprint density at radius 2 is 2.00 bits per heavy atom. The molecule has 0 heterocycles. The zero-order valence-electron chi connectivity index (χ0n) is 15.4. The van der Waals surface area contributed by atoms with E-state index in [0.29, 0.717) is 12.7 Å². The highest BCUT2D eigenvalue weighted by Crippen LogP contribution is 2.26. The Labute approximate surface area is 155 Å². The molecule has 1 fully saturated rings. The third-order valence-corrected chi connectivity index (χ3v) is 5.01. The topological polar surface area (TPSA) is 64.3 Å². The van der Waals surface area contributed by atoms with Gasteiger partial charge in [0.15, 0.2) is 0 Å². The fraction of sp³-hybridized carbons (Fsp3) is 0.409. The lowest BCUT2D eigenvalue weighted by atomic mass is 9.89. The average Bonchev–Trinajstić information content (AvgIpc) is 2.67. The van der Waals surface area contributed by atoms with Crippen LogP contribution in [0.2, 0.25) is 0 Å². The molecule has 2 aromatic rings. The van der Waals surface area contributed by atoms with Crippen LogP contribution in [-0.2, 0) is 16.1 Å². The van der Waals surface area contributed by atoms with Crippen LogP contribution < -0.4 is 11.1 Å². The van der Waals surface area contributed by atoms with E-state index < -0.39 is 6.04 Å². The Morgan fingerprint density at radius 3 is 2.77 bits per heavy atom. The minimum absolute atomic E-state index is 0.213. The van der Waals surface area contributed by atoms with E-state index in [0.717, 1.165) is 35.6 Å². The maximum absolute atomic E-state index is 12.4. The van der Waals surface area contributed by atoms with Crippen LogP contribution in [0.4, 0.5) is 5.69 Å². The Kier molecular flexibility index (Phi) is 6.42. The highest BCUT2D eigenvalue weighted by atomic mass is 16.5. The molecule has 1 saturated carbocycles. The molecular weight excluding hydrogens is 324 g/mol. The van der Waals surface area contributed by atoms with Crippen LogP contribution in [0, 0.1) is 5.92 Å². The molecule has 3 N–H and O–H groups in total. The van der Waals surface area contributed by atoms with Gasteiger partial charge in [0, 0.05) is 5.69 Å². The number of anilines is 1. The molecule has 3 unspecified atom stereocenters. The molecule has 3 atom stereocenters. The molecule has 26 heavy (non-hydrogen) atoms. The Morgan fingerprint density at radius 1 is 1.19 bits per heavy atom. The number of rotatable bonds is 6. The second-order valence-electron chi connectivity index (χ2n) is 7.28. The lowest BCUT2D eigenvalue weighted by Gasteiger charge is -2.26. The number of carbonyl (C=O) groups is 1. The van der Waals surface area contributed by atoms with Crippen molar-refractivity contribution in [2.75, 3.05) is 5.32 Å². The van der Waals surface area contributed by atoms with Gasteiger partial charge in [-0.1, -0.05) is 62.2 Å². The van der Waals surface area contributed by atoms with Crippen LogP contribution in [0.25, 0.3) is 0 Å². The standard InChI is InChI=1S/C22H28N2O2/c1-16-7-5-12-20(13-16)26-15-17-8-6-11-19(14-17)24-22(25)21(23)18-9-3-2-4-10-18/h2-4,6,8-11,14,16,20-21H,5,7,12-13,15,23H2,1H3,(H,24,25). The minimum Gasteiger partial charge on any atom is -0.374 e. The molecule has 4 nitrogen and oxygen atoms in total. The fourth-order valence-electron chi connectivity index (χ4n) is 3.51. The molecule has 1 aliphatic carbocycles. The van der Waals surface area contributed by atoms with Gasteiger partial charge in [-0.3, -0.25) is 4.79 Å². The smallest absolute Gasteiger partial charge is 0.245 e. The summed E-state index contributed by atoms with van der Waals surface area (Å²) in [6, 6.07) is 16.5. The van der Waals surface area contributed by atoms with Gasteiger partial charge in [0.05, 0.1) is 12.7 Å². The van der Waals surface area contributed by atoms with Crippen LogP contribution in [0.1, 0.15) is 49.8 Å². The largest absolute Gasteiger partial charge is 0.374 e. The molecule has 0 bridgehead atoms. The van der Waals surface area contributed by atoms with Gasteiger partial charge in [0.1, 0.15) is 6.04 Å². The summed E-state index contributed by atoms with van der Waals surface area (Å²) >= 11 is 0. The molecule has 3 rings (SSSR count). The maximum Gasteiger partial charge on any atom is 0.245 e. The van der Waals surface area contributed by atoms with Gasteiger partial charge in [-0.2, -0.15) is 0 Å². The predicted molar refractivity (Wildman–Crippen MR) is 105 cm³/mol. The summed E-state index contributed by atoms with van der Waals surface area (Å²) in [7, 11) is 0. The molecule has 1 aliphatic rings. The van der Waals surface area contributed by atoms with E-state index in [1.54, 1.807) is 0 Å². The second kappa shape index (κ2) is 8.97. The van der Waals surface area contributed by atoms with Gasteiger partial charge in [-0.25, -0.2) is 0 Å². The first kappa shape index (κ1) is 18.6. The van der Waals surface area contributed by atoms with E-state index in [9.17, 15) is 4.79 Å². The summed E-state index contributed by atoms with van der Waals surface area (Å²) in [6.07, 6.45) is 5.20. The van der Waals surface area contributed by atoms with Crippen LogP contribution in [0.5, 0.6) is 0 Å². The van der Waals surface area contributed by atoms with E-state index >= 15 is 0 Å². The number of nitrogens with two attached hydrogens (primary N) is 1. The lowest BCUT2D eigenvalue weighted by Crippen LogP contribution is -2.27. The van der Waals surface area contributed by atoms with Crippen molar-refractivity contribution in [3.63, 3.8) is 0 Å². The van der Waals surface area contributed by atoms with Gasteiger partial charge in [0.25, 0.3) is 0 Å². The summed E-state index contributed by atoms with van der Waals surface area (Å²) in [6.45, 7) is 2.87. The Hall–Kier alpha value is -2.17. The number of benzene rings is 2. The van der Waals surface area contributed by atoms with E-state index in [1.165, 1.54) is 12.8 Å². The molecule has 4 heteroatoms. The molecule has 0 radical (unpaired) electrons. The van der Waals surface area contributed by atoms with E-state index in [-0.39, 0.29) is 5.91 Å². The van der Waals surface area contributed by atoms with Crippen LogP contribution in [-0.4, -0.2) is 12.0 Å². The SMILES string of the molecule is CC1CCCC(OCc2cccc(NC(=O)C(N)c3ccccc3)c2)C1. The third kappa shape index (κ3) is 5.16. The van der Waals surface area contributed by atoms with E-state index in [4.69, 9.17) is 10.5 Å². The van der Waals surface area contributed by atoms with Gasteiger partial charge in [-0.05, 0) is 42.0 Å². The van der Waals surface area contributed by atoms with Crippen LogP contribution in [0.15, 0.2) is 54.6 Å². The molecule has 0 saturated heterocycles. The fourth-order valence-corrected chi connectivity index (χ4v) is 3.51. The van der Waals surface area contributed by atoms with Crippen molar-refractivity contribution >= 4 is 11.6 Å². The molecule has 0 spiro atoms. The zero-order chi connectivity index (χ0) is 18.4. The third-order valence-electron chi connectivity index (χ3n) is 5.01. The average molecular weight is 352 g/mol. The van der Waals surface area contributed by atoms with Crippen molar-refractivity contribution in [2.24, 2.45) is 11.7 Å². The summed E-state index contributed by atoms with van der Waals surface area (Å²) in [5.74, 6) is 0.536. The highest BCUT2D eigenvalue weighted by molar-refractivity contribution is 5.95. The summed E-state index contributed by atoms with van der Waals surface area (Å²) in [4.78, 5) is 12.4. The highest BCUT2D eigenvalue weighted by Gasteiger charge is 2.19. The summed E-state index contributed by atoms with van der Waals surface area (Å²) in [5, 5.41) is 2.91. The Balaban J connectivity index is 1.56. The number of ether oxygens (including phenoxy) is 1. The van der Waals surface area contributed by atoms with E-state index in [2.05, 4.69) is 12.2 Å². The lowest BCUT2D eigenvalue weighted by molar-refractivity contribution is -0.117. The first-order valence-corrected chi connectivity index (χ1v) is 9.44. The van der Waals surface area contributed by atoms with E-state index in [1.807, 2.05) is 54.6 Å². The number of carbonyl (C=O) groups excluding carboxylic acids is 1. The van der Waals surface area contributed by atoms with Crippen molar-refractivity contribution in [1.29, 1.82) is 0 Å². The number of hydrogen-bond donors (Lipinski definition) is 2. The summed E-state index contributed by atoms with van der Waals surface area (Å²) < 4.78 is 6.08. The molecule has 0 aliphatic heterocycles. The monoisotopic (exact) mass is 352 g/mol. The molecule has 2 aromatic carbocycles. The van der Waals surface area contributed by atoms with Gasteiger partial charge >= 0.3 is 0 Å². The van der Waals surface area contributed by atoms with Crippen molar-refractivity contribution in [3.05, 3.63) is 65.7 Å². The Bertz CT molecular complexity index is 717. The van der Waals surface area contributed by atoms with Crippen LogP contribution in [0.3, 0.4) is 0 Å². The van der Waals surface area contributed by atoms with Crippen molar-refractivity contribution < 1.29 is 9.53 Å². The number of amides is 1. The van der Waals surface area contributed by atoms with Crippen molar-refractivity contribution in [2.45, 2.75) is 51.4 Å². The van der Waals surface area contributed by atoms with Crippen molar-refractivity contribution in [1.82, 2.24) is 0 Å². The normalized spacial score (nSPS) is 21.2. The molecule has 1 amide bonds. The predicted octanol–water partition coefficient (Wildman–Crippen LogP) is 4.42. The first-order valence-electron chi connectivity index (χ1n) is 9.44. The van der Waals surface area contributed by atoms with Gasteiger partial charge < -0.3 is 15.8 Å². The summed E-state index contributed by atoms with van der Waals surface area (Å²) in [5.41, 5.74) is 8.67. The quantitative estimate of drug-likeness (QED) is 0.809. The van der Waals surface area contributed by atoms with Crippen LogP contribution >= 0.6 is 0 Å². The molecule has 0 aromatic heterocycles. The second-order valence-corrected chi connectivity index (χ2v) is 7.28. The number of nitrogens with one attached hydrogen (secondary N) is 1. The molecular formula is C22H28N2O2. The minimum atomic E-state index is -0.681. The maximum atomic E-state index is 12.4.